The molecule has 1 aromatic carbocycles. The predicted molar refractivity (Wildman–Crippen MR) is 73.3 cm³/mol. The molecule has 1 N–H and O–H groups in total. The minimum atomic E-state index is -1.49. The summed E-state index contributed by atoms with van der Waals surface area (Å²) in [6.07, 6.45) is 1.12. The molecule has 1 heterocycles. The summed E-state index contributed by atoms with van der Waals surface area (Å²) in [4.78, 5) is 15.5. The number of ether oxygens (including phenoxy) is 1. The summed E-state index contributed by atoms with van der Waals surface area (Å²) in [5.74, 6) is 0. The molecule has 1 aromatic heterocycles. The van der Waals surface area contributed by atoms with E-state index in [2.05, 4.69) is 10.3 Å². The van der Waals surface area contributed by atoms with Gasteiger partial charge in [-0.1, -0.05) is 0 Å². The molecule has 4 nitrogen and oxygen atoms in total. The Morgan fingerprint density at radius 2 is 2.15 bits per heavy atom. The first-order chi connectivity index (χ1) is 9.72. The minimum absolute atomic E-state index is 0.231. The summed E-state index contributed by atoms with van der Waals surface area (Å²) in [6.45, 7) is 0.231. The Hall–Kier alpha value is 0.570. The van der Waals surface area contributed by atoms with Crippen LogP contribution in [0.1, 0.15) is 5.56 Å². The maximum absolute atomic E-state index is 11.6. The topological polar surface area (TPSA) is 51.2 Å². The van der Waals surface area contributed by atoms with Crippen LogP contribution in [-0.4, -0.2) is 11.1 Å². The van der Waals surface area contributed by atoms with Crippen molar-refractivity contribution >= 4 is 45.2 Å². The third-order valence-electron chi connectivity index (χ3n) is 2.57. The number of nitrogens with one attached hydrogen (secondary N) is 1. The molecule has 0 saturated heterocycles. The van der Waals surface area contributed by atoms with Crippen LogP contribution in [0.5, 0.6) is 0 Å². The van der Waals surface area contributed by atoms with Crippen LogP contribution in [0.4, 0.5) is 9.93 Å². The Balaban J connectivity index is 1.92. The van der Waals surface area contributed by atoms with E-state index in [1.165, 1.54) is 17.5 Å². The van der Waals surface area contributed by atoms with E-state index in [0.717, 1.165) is 5.56 Å². The molecule has 0 atom stereocenters. The molecule has 0 unspecified atom stereocenters. The van der Waals surface area contributed by atoms with Gasteiger partial charge >= 0.3 is 154 Å². The number of nitrogens with zero attached hydrogens (tertiary/aromatic N) is 1. The second-order valence-corrected chi connectivity index (χ2v) is 17.5. The molecule has 1 amide bonds. The van der Waals surface area contributed by atoms with Crippen LogP contribution in [-0.2, 0) is 58.0 Å². The number of halogens is 2. The second kappa shape index (κ2) is 8.88. The average Bonchev–Trinajstić information content (AvgIpc) is 2.97. The summed E-state index contributed by atoms with van der Waals surface area (Å²) in [5.41, 5.74) is 0.956. The van der Waals surface area contributed by atoms with Crippen LogP contribution < -0.4 is 11.5 Å². The molecule has 0 spiro atoms. The van der Waals surface area contributed by atoms with Crippen molar-refractivity contribution in [3.63, 3.8) is 0 Å². The zero-order valence-electron chi connectivity index (χ0n) is 10.4. The van der Waals surface area contributed by atoms with Gasteiger partial charge in [-0.05, 0) is 0 Å². The van der Waals surface area contributed by atoms with Crippen molar-refractivity contribution in [1.29, 1.82) is 0 Å². The van der Waals surface area contributed by atoms with Gasteiger partial charge in [0.2, 0.25) is 0 Å². The van der Waals surface area contributed by atoms with Crippen molar-refractivity contribution in [2.75, 3.05) is 5.32 Å². The van der Waals surface area contributed by atoms with E-state index in [-0.39, 0.29) is 6.61 Å². The van der Waals surface area contributed by atoms with Gasteiger partial charge in [0.15, 0.2) is 0 Å². The number of amides is 1. The molecule has 0 radical (unpaired) electrons. The Kier molecular flexibility index (Phi) is 7.52. The first-order valence-electron chi connectivity index (χ1n) is 5.79. The number of carbonyl (C=O) groups excluding carboxylic acids is 1. The fourth-order valence-electron chi connectivity index (χ4n) is 1.58. The van der Waals surface area contributed by atoms with E-state index in [0.29, 0.717) is 5.13 Å². The number of anilines is 1. The molecule has 0 saturated carbocycles. The average molecular weight is 704 g/mol. The van der Waals surface area contributed by atoms with Crippen LogP contribution in [0, 0.1) is 0 Å². The van der Waals surface area contributed by atoms with Crippen LogP contribution in [0.15, 0.2) is 29.8 Å². The van der Waals surface area contributed by atoms with Gasteiger partial charge in [0.25, 0.3) is 0 Å². The molecular weight excluding hydrogens is 696 g/mol. The molecule has 0 bridgehead atoms. The number of thiazole rings is 1. The molecule has 98 valence electrons. The van der Waals surface area contributed by atoms with Gasteiger partial charge in [-0.15, -0.1) is 0 Å². The van der Waals surface area contributed by atoms with E-state index >= 15 is 0 Å². The van der Waals surface area contributed by atoms with Crippen molar-refractivity contribution in [2.24, 2.45) is 0 Å². The standard InChI is InChI=1S/C11H8N2O2S.2ClH.2Hg/c14-11(13-10-12-6-7-16-10)15-8-9-4-2-1-3-5-9;;;;/h2,4-7H,8H2,(H,12,13,14);2*1H;;/q;;;2*+1/p-2. The molecule has 20 heavy (non-hydrogen) atoms. The van der Waals surface area contributed by atoms with E-state index < -0.39 is 52.8 Å². The van der Waals surface area contributed by atoms with Crippen LogP contribution in [0.2, 0.25) is 0 Å². The third kappa shape index (κ3) is 5.09. The summed E-state index contributed by atoms with van der Waals surface area (Å²) in [5, 5.41) is 4.88. The fourth-order valence-corrected chi connectivity index (χ4v) is 30.2. The monoisotopic (exact) mass is 706 g/mol. The van der Waals surface area contributed by atoms with Crippen LogP contribution >= 0.6 is 27.8 Å². The van der Waals surface area contributed by atoms with E-state index in [1.54, 1.807) is 11.6 Å². The van der Waals surface area contributed by atoms with Gasteiger partial charge < -0.3 is 0 Å². The number of hydrogen-bond donors (Lipinski definition) is 1. The number of rotatable bonds is 5. The Morgan fingerprint density at radius 3 is 2.80 bits per heavy atom. The fraction of sp³-hybridized carbons (Fsp3) is 0.0909. The summed E-state index contributed by atoms with van der Waals surface area (Å²) in [6, 6.07) is 6.05. The predicted octanol–water partition coefficient (Wildman–Crippen LogP) is 2.62. The van der Waals surface area contributed by atoms with Gasteiger partial charge in [-0.3, -0.25) is 0 Å². The molecule has 2 rings (SSSR count). The first kappa shape index (κ1) is 16.9. The molecule has 9 heteroatoms. The summed E-state index contributed by atoms with van der Waals surface area (Å²) >= 11 is -1.56. The molecule has 0 fully saturated rings. The van der Waals surface area contributed by atoms with Gasteiger partial charge in [0.1, 0.15) is 0 Å². The van der Waals surface area contributed by atoms with E-state index in [9.17, 15) is 4.79 Å². The molecule has 0 aliphatic carbocycles. The maximum atomic E-state index is 11.6. The quantitative estimate of drug-likeness (QED) is 0.488. The van der Waals surface area contributed by atoms with Crippen molar-refractivity contribution in [3.8, 4) is 0 Å². The summed E-state index contributed by atoms with van der Waals surface area (Å²) in [7, 11) is 12.2. The Morgan fingerprint density at radius 1 is 1.35 bits per heavy atom. The Labute approximate surface area is 152 Å². The zero-order chi connectivity index (χ0) is 14.4. The van der Waals surface area contributed by atoms with E-state index in [1.807, 2.05) is 18.2 Å². The second-order valence-electron chi connectivity index (χ2n) is 3.91. The number of aromatic nitrogens is 1. The molecular formula is C11H8Cl2Hg2N2O2S. The molecule has 0 aliphatic heterocycles. The van der Waals surface area contributed by atoms with Crippen LogP contribution in [0.25, 0.3) is 0 Å². The van der Waals surface area contributed by atoms with E-state index in [4.69, 9.17) is 21.2 Å². The molecule has 0 aliphatic rings. The van der Waals surface area contributed by atoms with Crippen molar-refractivity contribution in [3.05, 3.63) is 35.3 Å². The van der Waals surface area contributed by atoms with Crippen molar-refractivity contribution < 1.29 is 56.2 Å². The zero-order valence-corrected chi connectivity index (χ0v) is 23.8. The number of benzene rings is 1. The van der Waals surface area contributed by atoms with Gasteiger partial charge in [-0.2, -0.15) is 0 Å². The van der Waals surface area contributed by atoms with Crippen molar-refractivity contribution in [2.45, 2.75) is 6.61 Å². The third-order valence-corrected chi connectivity index (χ3v) is 23.3. The van der Waals surface area contributed by atoms with Crippen molar-refractivity contribution in [1.82, 2.24) is 4.98 Å². The van der Waals surface area contributed by atoms with Crippen LogP contribution in [0.3, 0.4) is 0 Å². The first-order valence-corrected chi connectivity index (χ1v) is 25.7. The van der Waals surface area contributed by atoms with Gasteiger partial charge in [0, 0.05) is 0 Å². The number of carbonyl (C=O) groups is 1. The SMILES string of the molecule is O=C(Nc1nccs1)OCc1cc[c]([Hg][Cl])[c]([Hg][Cl])c1. The van der Waals surface area contributed by atoms with Gasteiger partial charge in [-0.25, -0.2) is 0 Å². The summed E-state index contributed by atoms with van der Waals surface area (Å²) < 4.78 is 7.73. The molecule has 2 aromatic rings. The normalized spacial score (nSPS) is 9.50. The Bertz CT molecular complexity index is 584. The number of hydrogen-bond acceptors (Lipinski definition) is 4. The van der Waals surface area contributed by atoms with Gasteiger partial charge in [0.05, 0.1) is 0 Å².